The summed E-state index contributed by atoms with van der Waals surface area (Å²) in [5, 5.41) is 40.4. The smallest absolute Gasteiger partial charge is 0.397 e. The summed E-state index contributed by atoms with van der Waals surface area (Å²) < 4.78 is 51.0. The number of halogens is 4. The highest BCUT2D eigenvalue weighted by Gasteiger charge is 2.58. The van der Waals surface area contributed by atoms with E-state index >= 15 is 0 Å². The third kappa shape index (κ3) is 5.30. The zero-order chi connectivity index (χ0) is 25.4. The number of aliphatic hydroxyl groups excluding tert-OH is 4. The van der Waals surface area contributed by atoms with E-state index in [-0.39, 0.29) is 12.8 Å². The van der Waals surface area contributed by atoms with Crippen LogP contribution in [0.4, 0.5) is 13.2 Å². The van der Waals surface area contributed by atoms with Crippen LogP contribution in [0.3, 0.4) is 0 Å². The van der Waals surface area contributed by atoms with Crippen molar-refractivity contribution >= 4 is 11.6 Å². The largest absolute Gasteiger partial charge is 0.493 e. The number of hydrogen-bond acceptors (Lipinski definition) is 6. The first-order valence-corrected chi connectivity index (χ1v) is 11.8. The molecule has 2 aromatic rings. The highest BCUT2D eigenvalue weighted by atomic mass is 35.5. The Balaban J connectivity index is 1.44. The second-order valence-electron chi connectivity index (χ2n) is 9.34. The fraction of sp³-hybridized carbons (Fsp3) is 0.520. The van der Waals surface area contributed by atoms with Crippen molar-refractivity contribution in [1.82, 2.24) is 0 Å². The molecule has 2 fully saturated rings. The van der Waals surface area contributed by atoms with Gasteiger partial charge in [-0.1, -0.05) is 42.3 Å². The number of alkyl halides is 3. The van der Waals surface area contributed by atoms with Gasteiger partial charge >= 0.3 is 6.18 Å². The van der Waals surface area contributed by atoms with Crippen LogP contribution in [0.25, 0.3) is 0 Å². The zero-order valence-electron chi connectivity index (χ0n) is 18.8. The summed E-state index contributed by atoms with van der Waals surface area (Å²) in [5.41, 5.74) is 0.281. The number of benzene rings is 2. The summed E-state index contributed by atoms with van der Waals surface area (Å²) in [6.07, 6.45) is -9.55. The molecule has 1 heterocycles. The Bertz CT molecular complexity index is 1010. The molecule has 2 aromatic carbocycles. The maximum Gasteiger partial charge on any atom is 0.397 e. The van der Waals surface area contributed by atoms with E-state index in [0.29, 0.717) is 34.7 Å². The first kappa shape index (κ1) is 26.2. The van der Waals surface area contributed by atoms with Crippen molar-refractivity contribution in [3.63, 3.8) is 0 Å². The van der Waals surface area contributed by atoms with Crippen molar-refractivity contribution in [1.29, 1.82) is 0 Å². The van der Waals surface area contributed by atoms with Gasteiger partial charge in [-0.2, -0.15) is 13.2 Å². The van der Waals surface area contributed by atoms with Crippen molar-refractivity contribution < 1.29 is 43.1 Å². The second-order valence-corrected chi connectivity index (χ2v) is 9.75. The van der Waals surface area contributed by atoms with Crippen LogP contribution in [0.1, 0.15) is 42.1 Å². The Labute approximate surface area is 205 Å². The molecule has 0 aromatic heterocycles. The highest BCUT2D eigenvalue weighted by Crippen LogP contribution is 2.53. The minimum Gasteiger partial charge on any atom is -0.493 e. The molecule has 6 nitrogen and oxygen atoms in total. The van der Waals surface area contributed by atoms with Crippen molar-refractivity contribution in [2.75, 3.05) is 13.2 Å². The Kier molecular flexibility index (Phi) is 7.66. The van der Waals surface area contributed by atoms with Gasteiger partial charge < -0.3 is 29.9 Å². The average molecular weight is 517 g/mol. The maximum absolute atomic E-state index is 13.3. The van der Waals surface area contributed by atoms with E-state index in [1.54, 1.807) is 42.5 Å². The van der Waals surface area contributed by atoms with E-state index in [0.717, 1.165) is 5.56 Å². The van der Waals surface area contributed by atoms with Crippen LogP contribution in [0, 0.1) is 5.41 Å². The van der Waals surface area contributed by atoms with Gasteiger partial charge in [0.1, 0.15) is 42.9 Å². The van der Waals surface area contributed by atoms with Gasteiger partial charge in [0, 0.05) is 5.02 Å². The molecule has 1 saturated heterocycles. The Morgan fingerprint density at radius 3 is 2.26 bits per heavy atom. The minimum atomic E-state index is -4.28. The molecule has 0 amide bonds. The zero-order valence-corrected chi connectivity index (χ0v) is 19.5. The molecular formula is C25H28ClF3O6. The van der Waals surface area contributed by atoms with E-state index in [9.17, 15) is 33.6 Å². The van der Waals surface area contributed by atoms with Crippen LogP contribution in [0.5, 0.6) is 5.75 Å². The van der Waals surface area contributed by atoms with Crippen molar-refractivity contribution in [2.24, 2.45) is 5.41 Å². The van der Waals surface area contributed by atoms with E-state index < -0.39 is 55.3 Å². The molecule has 1 aliphatic heterocycles. The van der Waals surface area contributed by atoms with Crippen molar-refractivity contribution in [3.8, 4) is 5.75 Å². The molecule has 0 spiro atoms. The van der Waals surface area contributed by atoms with Crippen LogP contribution in [0.2, 0.25) is 5.02 Å². The molecule has 4 rings (SSSR count). The lowest BCUT2D eigenvalue weighted by Crippen LogP contribution is -2.55. The molecule has 192 valence electrons. The molecule has 1 aliphatic carbocycles. The van der Waals surface area contributed by atoms with Crippen LogP contribution in [0.15, 0.2) is 42.5 Å². The Hall–Kier alpha value is -1.88. The van der Waals surface area contributed by atoms with E-state index in [1.807, 2.05) is 0 Å². The van der Waals surface area contributed by atoms with E-state index in [1.165, 1.54) is 0 Å². The predicted molar refractivity (Wildman–Crippen MR) is 121 cm³/mol. The molecular weight excluding hydrogens is 489 g/mol. The number of rotatable bonds is 7. The van der Waals surface area contributed by atoms with Gasteiger partial charge in [0.05, 0.1) is 12.0 Å². The van der Waals surface area contributed by atoms with Crippen molar-refractivity contribution in [3.05, 3.63) is 64.2 Å². The molecule has 4 N–H and O–H groups in total. The van der Waals surface area contributed by atoms with E-state index in [2.05, 4.69) is 0 Å². The molecule has 1 saturated carbocycles. The third-order valence-electron chi connectivity index (χ3n) is 7.04. The standard InChI is InChI=1S/C25H28ClF3O6/c26-18-7-4-15(23-22(33)21(32)20(31)19(12-30)35-23)11-16(18)10-14-2-5-17(6-3-14)34-13-24(8-1-9-24)25(27,28)29/h2-7,11,19-23,30-33H,1,8-10,12-13H2/t19-,20-,21+,22-,23?/m1/s1. The number of ether oxygens (including phenoxy) is 2. The van der Waals surface area contributed by atoms with Gasteiger partial charge in [0.2, 0.25) is 0 Å². The summed E-state index contributed by atoms with van der Waals surface area (Å²) in [4.78, 5) is 0. The highest BCUT2D eigenvalue weighted by molar-refractivity contribution is 6.31. The minimum absolute atomic E-state index is 0.0812. The Morgan fingerprint density at radius 1 is 1.00 bits per heavy atom. The molecule has 2 aliphatic rings. The maximum atomic E-state index is 13.3. The number of aliphatic hydroxyl groups is 4. The molecule has 10 heteroatoms. The third-order valence-corrected chi connectivity index (χ3v) is 7.40. The monoisotopic (exact) mass is 516 g/mol. The molecule has 1 unspecified atom stereocenters. The van der Waals surface area contributed by atoms with Gasteiger partial charge in [0.25, 0.3) is 0 Å². The number of hydrogen-bond donors (Lipinski definition) is 4. The van der Waals surface area contributed by atoms with Gasteiger partial charge in [0.15, 0.2) is 0 Å². The molecule has 5 atom stereocenters. The average Bonchev–Trinajstić information content (AvgIpc) is 2.79. The first-order valence-electron chi connectivity index (χ1n) is 11.4. The van der Waals surface area contributed by atoms with Gasteiger partial charge in [-0.05, 0) is 54.2 Å². The summed E-state index contributed by atoms with van der Waals surface area (Å²) in [6, 6.07) is 11.7. The predicted octanol–water partition coefficient (Wildman–Crippen LogP) is 3.56. The fourth-order valence-corrected chi connectivity index (χ4v) is 4.73. The molecule has 0 bridgehead atoms. The van der Waals surface area contributed by atoms with Gasteiger partial charge in [-0.15, -0.1) is 0 Å². The van der Waals surface area contributed by atoms with Crippen LogP contribution in [-0.4, -0.2) is 64.2 Å². The lowest BCUT2D eigenvalue weighted by atomic mass is 9.69. The van der Waals surface area contributed by atoms with Crippen LogP contribution in [-0.2, 0) is 11.2 Å². The second kappa shape index (κ2) is 10.2. The van der Waals surface area contributed by atoms with Gasteiger partial charge in [-0.3, -0.25) is 0 Å². The summed E-state index contributed by atoms with van der Waals surface area (Å²) in [5.74, 6) is 0.352. The van der Waals surface area contributed by atoms with Crippen LogP contribution < -0.4 is 4.74 Å². The first-order chi connectivity index (χ1) is 16.5. The van der Waals surface area contributed by atoms with Gasteiger partial charge in [-0.25, -0.2) is 0 Å². The normalized spacial score (nSPS) is 28.4. The molecule has 35 heavy (non-hydrogen) atoms. The van der Waals surface area contributed by atoms with E-state index in [4.69, 9.17) is 21.1 Å². The quantitative estimate of drug-likeness (QED) is 0.449. The summed E-state index contributed by atoms with van der Waals surface area (Å²) >= 11 is 6.36. The van der Waals surface area contributed by atoms with Crippen molar-refractivity contribution in [2.45, 2.75) is 62.4 Å². The Morgan fingerprint density at radius 2 is 1.69 bits per heavy atom. The van der Waals surface area contributed by atoms with Crippen LogP contribution >= 0.6 is 11.6 Å². The lowest BCUT2D eigenvalue weighted by Gasteiger charge is -2.42. The lowest BCUT2D eigenvalue weighted by molar-refractivity contribution is -0.259. The fourth-order valence-electron chi connectivity index (χ4n) is 4.54. The molecule has 0 radical (unpaired) electrons. The summed E-state index contributed by atoms with van der Waals surface area (Å²) in [7, 11) is 0. The summed E-state index contributed by atoms with van der Waals surface area (Å²) in [6.45, 7) is -0.927. The SMILES string of the molecule is OC[C@H]1OC(c2ccc(Cl)c(Cc3ccc(OCC4(C(F)(F)F)CCC4)cc3)c2)[C@H](O)[C@@H](O)[C@@H]1O. The topological polar surface area (TPSA) is 99.4 Å².